The summed E-state index contributed by atoms with van der Waals surface area (Å²) in [5.41, 5.74) is 0.876. The van der Waals surface area contributed by atoms with E-state index >= 15 is 0 Å². The standard InChI is InChI=1S/C20H24ClNO2S.CH3.Cr/c1-25-19-7-5-18(6-8-19)24-14-15-9-10-22(12-15)13-20(23)16-3-2-4-17(21)11-16;;/h2-8,11,15,20,23H,9-10,12-14H2,1H3;1H3;/q;-1;. The third-order valence-corrected chi connectivity index (χ3v) is 5.56. The first kappa shape index (κ1) is 24.4. The molecule has 1 fully saturated rings. The van der Waals surface area contributed by atoms with Crippen molar-refractivity contribution in [3.63, 3.8) is 0 Å². The summed E-state index contributed by atoms with van der Waals surface area (Å²) in [6.07, 6.45) is 2.67. The van der Waals surface area contributed by atoms with Crippen LogP contribution in [0.5, 0.6) is 5.75 Å². The molecule has 1 aliphatic heterocycles. The minimum absolute atomic E-state index is 0. The van der Waals surface area contributed by atoms with Crippen molar-refractivity contribution >= 4 is 23.4 Å². The molecule has 1 saturated heterocycles. The Hall–Kier alpha value is -0.668. The zero-order valence-corrected chi connectivity index (χ0v) is 18.7. The van der Waals surface area contributed by atoms with Crippen molar-refractivity contribution in [2.24, 2.45) is 5.92 Å². The Morgan fingerprint density at radius 2 is 2.00 bits per heavy atom. The molecule has 148 valence electrons. The Balaban J connectivity index is 0.00000182. The van der Waals surface area contributed by atoms with Gasteiger partial charge in [-0.1, -0.05) is 23.7 Å². The van der Waals surface area contributed by atoms with Crippen LogP contribution in [0.15, 0.2) is 53.4 Å². The van der Waals surface area contributed by atoms with E-state index in [1.807, 2.05) is 36.4 Å². The first-order valence-electron chi connectivity index (χ1n) is 8.57. The van der Waals surface area contributed by atoms with Crippen LogP contribution in [0.25, 0.3) is 0 Å². The Kier molecular flexibility index (Phi) is 10.8. The third kappa shape index (κ3) is 7.34. The fourth-order valence-electron chi connectivity index (χ4n) is 3.16. The summed E-state index contributed by atoms with van der Waals surface area (Å²) >= 11 is 7.74. The van der Waals surface area contributed by atoms with Gasteiger partial charge in [0.1, 0.15) is 5.75 Å². The van der Waals surface area contributed by atoms with E-state index in [1.165, 1.54) is 4.90 Å². The number of nitrogens with zero attached hydrogens (tertiary/aromatic N) is 1. The molecule has 0 spiro atoms. The molecule has 2 atom stereocenters. The molecule has 0 saturated carbocycles. The van der Waals surface area contributed by atoms with Crippen molar-refractivity contribution in [2.75, 3.05) is 32.5 Å². The number of likely N-dealkylation sites (tertiary alicyclic amines) is 1. The van der Waals surface area contributed by atoms with Gasteiger partial charge in [-0.25, -0.2) is 0 Å². The van der Waals surface area contributed by atoms with E-state index in [1.54, 1.807) is 11.8 Å². The summed E-state index contributed by atoms with van der Waals surface area (Å²) in [5.74, 6) is 1.43. The van der Waals surface area contributed by atoms with Gasteiger partial charge in [0.15, 0.2) is 0 Å². The second kappa shape index (κ2) is 12.0. The van der Waals surface area contributed by atoms with Gasteiger partial charge in [-0.05, 0) is 61.2 Å². The van der Waals surface area contributed by atoms with Crippen LogP contribution in [0.1, 0.15) is 18.1 Å². The van der Waals surface area contributed by atoms with Crippen LogP contribution in [-0.4, -0.2) is 42.5 Å². The zero-order chi connectivity index (χ0) is 17.6. The second-order valence-electron chi connectivity index (χ2n) is 6.47. The van der Waals surface area contributed by atoms with Gasteiger partial charge in [-0.3, -0.25) is 4.90 Å². The zero-order valence-electron chi connectivity index (χ0n) is 15.8. The quantitative estimate of drug-likeness (QED) is 0.484. The normalized spacial score (nSPS) is 17.7. The van der Waals surface area contributed by atoms with E-state index in [2.05, 4.69) is 23.3 Å². The summed E-state index contributed by atoms with van der Waals surface area (Å²) in [6.45, 7) is 3.32. The summed E-state index contributed by atoms with van der Waals surface area (Å²) in [5, 5.41) is 11.1. The van der Waals surface area contributed by atoms with Crippen LogP contribution in [0, 0.1) is 13.3 Å². The SMILES string of the molecule is CSc1ccc(OCC2CCN(CC(O)c3cccc(Cl)c3)C2)cc1.[CH3-].[Cr]. The summed E-state index contributed by atoms with van der Waals surface area (Å²) < 4.78 is 5.93. The molecule has 0 aliphatic carbocycles. The molecule has 3 rings (SSSR count). The Morgan fingerprint density at radius 3 is 2.67 bits per heavy atom. The maximum Gasteiger partial charge on any atom is 0.119 e. The molecule has 0 radical (unpaired) electrons. The van der Waals surface area contributed by atoms with Gasteiger partial charge in [0.2, 0.25) is 0 Å². The molecular weight excluding hydrogens is 418 g/mol. The molecule has 2 aromatic carbocycles. The molecular formula is C21H27ClCrNO2S-. The third-order valence-electron chi connectivity index (χ3n) is 4.58. The predicted molar refractivity (Wildman–Crippen MR) is 111 cm³/mol. The topological polar surface area (TPSA) is 32.7 Å². The van der Waals surface area contributed by atoms with Crippen molar-refractivity contribution in [3.05, 3.63) is 66.5 Å². The van der Waals surface area contributed by atoms with Crippen molar-refractivity contribution < 1.29 is 27.2 Å². The van der Waals surface area contributed by atoms with E-state index < -0.39 is 6.10 Å². The smallest absolute Gasteiger partial charge is 0.119 e. The van der Waals surface area contributed by atoms with E-state index in [-0.39, 0.29) is 24.8 Å². The summed E-state index contributed by atoms with van der Waals surface area (Å²) in [6, 6.07) is 15.7. The number of aliphatic hydroxyl groups excluding tert-OH is 1. The largest absolute Gasteiger partial charge is 0.493 e. The molecule has 27 heavy (non-hydrogen) atoms. The Labute approximate surface area is 183 Å². The molecule has 2 unspecified atom stereocenters. The first-order valence-corrected chi connectivity index (χ1v) is 10.2. The minimum atomic E-state index is -0.502. The number of ether oxygens (including phenoxy) is 1. The minimum Gasteiger partial charge on any atom is -0.493 e. The number of halogens is 1. The monoisotopic (exact) mass is 444 g/mol. The molecule has 0 amide bonds. The second-order valence-corrected chi connectivity index (χ2v) is 7.79. The van der Waals surface area contributed by atoms with Crippen LogP contribution < -0.4 is 4.74 Å². The predicted octanol–water partition coefficient (Wildman–Crippen LogP) is 4.94. The summed E-state index contributed by atoms with van der Waals surface area (Å²) in [4.78, 5) is 3.55. The fourth-order valence-corrected chi connectivity index (χ4v) is 3.77. The van der Waals surface area contributed by atoms with Gasteiger partial charge in [0, 0.05) is 46.3 Å². The van der Waals surface area contributed by atoms with E-state index in [0.29, 0.717) is 17.5 Å². The van der Waals surface area contributed by atoms with Gasteiger partial charge >= 0.3 is 0 Å². The van der Waals surface area contributed by atoms with Crippen LogP contribution in [0.2, 0.25) is 5.02 Å². The molecule has 3 nitrogen and oxygen atoms in total. The average Bonchev–Trinajstić information content (AvgIpc) is 3.08. The number of rotatable bonds is 7. The molecule has 1 heterocycles. The van der Waals surface area contributed by atoms with Gasteiger partial charge in [0.05, 0.1) is 12.7 Å². The maximum absolute atomic E-state index is 10.4. The van der Waals surface area contributed by atoms with Crippen LogP contribution in [-0.2, 0) is 17.4 Å². The van der Waals surface area contributed by atoms with E-state index in [4.69, 9.17) is 16.3 Å². The Bertz CT molecular complexity index is 686. The van der Waals surface area contributed by atoms with Crippen LogP contribution >= 0.6 is 23.4 Å². The van der Waals surface area contributed by atoms with Crippen LogP contribution in [0.4, 0.5) is 0 Å². The van der Waals surface area contributed by atoms with Gasteiger partial charge in [-0.15, -0.1) is 11.8 Å². The van der Waals surface area contributed by atoms with E-state index in [0.717, 1.165) is 37.4 Å². The average molecular weight is 445 g/mol. The molecule has 6 heteroatoms. The van der Waals surface area contributed by atoms with Crippen molar-refractivity contribution in [1.82, 2.24) is 4.90 Å². The molecule has 1 N–H and O–H groups in total. The fraction of sp³-hybridized carbons (Fsp3) is 0.381. The maximum atomic E-state index is 10.4. The molecule has 0 aromatic heterocycles. The Morgan fingerprint density at radius 1 is 1.26 bits per heavy atom. The number of aliphatic hydroxyl groups is 1. The first-order chi connectivity index (χ1) is 12.1. The number of β-amino-alcohol motifs (C(OH)–C–C–N with tert-alkyl or cyclic N) is 1. The van der Waals surface area contributed by atoms with Gasteiger partial charge < -0.3 is 17.3 Å². The van der Waals surface area contributed by atoms with Gasteiger partial charge in [-0.2, -0.15) is 0 Å². The molecule has 0 bridgehead atoms. The molecule has 2 aromatic rings. The van der Waals surface area contributed by atoms with Crippen molar-refractivity contribution in [3.8, 4) is 5.75 Å². The van der Waals surface area contributed by atoms with E-state index in [9.17, 15) is 5.11 Å². The number of hydrogen-bond acceptors (Lipinski definition) is 4. The number of hydrogen-bond donors (Lipinski definition) is 1. The van der Waals surface area contributed by atoms with Gasteiger partial charge in [0.25, 0.3) is 0 Å². The van der Waals surface area contributed by atoms with Crippen molar-refractivity contribution in [1.29, 1.82) is 0 Å². The number of thioether (sulfide) groups is 1. The van der Waals surface area contributed by atoms with Crippen molar-refractivity contribution in [2.45, 2.75) is 17.4 Å². The van der Waals surface area contributed by atoms with Crippen LogP contribution in [0.3, 0.4) is 0 Å². The summed E-state index contributed by atoms with van der Waals surface area (Å²) in [7, 11) is 0. The number of benzene rings is 2. The molecule has 1 aliphatic rings.